The summed E-state index contributed by atoms with van der Waals surface area (Å²) in [5.74, 6) is -0.128. The zero-order valence-electron chi connectivity index (χ0n) is 14.3. The smallest absolute Gasteiger partial charge is 0.261 e. The van der Waals surface area contributed by atoms with Crippen LogP contribution in [0, 0.1) is 0 Å². The van der Waals surface area contributed by atoms with Crippen molar-refractivity contribution < 1.29 is 9.59 Å². The molecule has 2 aromatic rings. The van der Waals surface area contributed by atoms with Crippen molar-refractivity contribution in [1.29, 1.82) is 0 Å². The number of hydrogen-bond donors (Lipinski definition) is 2. The van der Waals surface area contributed by atoms with E-state index in [9.17, 15) is 14.4 Å². The number of fused-ring (bicyclic) bond motifs is 1. The number of aromatic nitrogens is 1. The molecule has 0 spiro atoms. The van der Waals surface area contributed by atoms with Crippen molar-refractivity contribution in [2.45, 2.75) is 38.5 Å². The molecule has 0 unspecified atom stereocenters. The highest BCUT2D eigenvalue weighted by molar-refractivity contribution is 6.01. The molecule has 0 radical (unpaired) electrons. The number of aryl methyl sites for hydroxylation is 1. The molecule has 1 amide bonds. The molecule has 130 valence electrons. The van der Waals surface area contributed by atoms with Crippen LogP contribution in [0.25, 0.3) is 0 Å². The van der Waals surface area contributed by atoms with Crippen LogP contribution < -0.4 is 10.9 Å². The molecule has 1 atom stereocenters. The summed E-state index contributed by atoms with van der Waals surface area (Å²) in [6, 6.07) is 11.5. The molecule has 0 saturated carbocycles. The van der Waals surface area contributed by atoms with Gasteiger partial charge in [-0.3, -0.25) is 14.4 Å². The number of benzene rings is 1. The predicted octanol–water partition coefficient (Wildman–Crippen LogP) is 2.82. The highest BCUT2D eigenvalue weighted by Gasteiger charge is 2.22. The van der Waals surface area contributed by atoms with Crippen molar-refractivity contribution >= 4 is 11.7 Å². The van der Waals surface area contributed by atoms with E-state index in [1.807, 2.05) is 18.2 Å². The van der Waals surface area contributed by atoms with Crippen molar-refractivity contribution in [3.63, 3.8) is 0 Å². The molecule has 25 heavy (non-hydrogen) atoms. The van der Waals surface area contributed by atoms with Gasteiger partial charge in [0.2, 0.25) is 0 Å². The molecule has 0 saturated heterocycles. The van der Waals surface area contributed by atoms with E-state index in [1.165, 1.54) is 11.6 Å². The first-order chi connectivity index (χ1) is 12.1. The highest BCUT2D eigenvalue weighted by atomic mass is 16.2. The topological polar surface area (TPSA) is 79.0 Å². The second kappa shape index (κ2) is 7.47. The van der Waals surface area contributed by atoms with Crippen molar-refractivity contribution in [2.24, 2.45) is 0 Å². The molecule has 1 aromatic heterocycles. The van der Waals surface area contributed by atoms with E-state index in [0.717, 1.165) is 12.8 Å². The molecule has 5 nitrogen and oxygen atoms in total. The lowest BCUT2D eigenvalue weighted by Gasteiger charge is -2.15. The minimum Gasteiger partial charge on any atom is -0.352 e. The van der Waals surface area contributed by atoms with Gasteiger partial charge in [0.1, 0.15) is 5.56 Å². The number of pyridine rings is 1. The molecule has 0 fully saturated rings. The van der Waals surface area contributed by atoms with Gasteiger partial charge in [0, 0.05) is 24.2 Å². The van der Waals surface area contributed by atoms with Gasteiger partial charge in [-0.15, -0.1) is 0 Å². The summed E-state index contributed by atoms with van der Waals surface area (Å²) in [7, 11) is 0. The van der Waals surface area contributed by atoms with Crippen LogP contribution in [0.15, 0.2) is 41.2 Å². The largest absolute Gasteiger partial charge is 0.352 e. The van der Waals surface area contributed by atoms with Gasteiger partial charge in [-0.25, -0.2) is 0 Å². The molecule has 1 aliphatic rings. The number of aromatic amines is 1. The van der Waals surface area contributed by atoms with Crippen molar-refractivity contribution in [2.75, 3.05) is 6.54 Å². The van der Waals surface area contributed by atoms with Crippen LogP contribution in [-0.4, -0.2) is 23.2 Å². The Balaban J connectivity index is 1.65. The third-order valence-corrected chi connectivity index (χ3v) is 4.73. The number of amides is 1. The molecular formula is C20H22N2O3. The fourth-order valence-electron chi connectivity index (χ4n) is 3.19. The third-order valence-electron chi connectivity index (χ3n) is 4.73. The van der Waals surface area contributed by atoms with Gasteiger partial charge in [0.05, 0.1) is 0 Å². The maximum Gasteiger partial charge on any atom is 0.261 e. The average molecular weight is 338 g/mol. The molecule has 1 aromatic carbocycles. The Morgan fingerprint density at radius 3 is 2.72 bits per heavy atom. The van der Waals surface area contributed by atoms with Gasteiger partial charge in [-0.2, -0.15) is 0 Å². The molecule has 3 rings (SSSR count). The van der Waals surface area contributed by atoms with Crippen LogP contribution in [0.5, 0.6) is 0 Å². The summed E-state index contributed by atoms with van der Waals surface area (Å²) in [6.07, 6.45) is 2.66. The van der Waals surface area contributed by atoms with Gasteiger partial charge in [-0.05, 0) is 36.8 Å². The minimum absolute atomic E-state index is 0.00995. The first-order valence-electron chi connectivity index (χ1n) is 8.69. The number of H-pyrrole nitrogens is 1. The van der Waals surface area contributed by atoms with E-state index >= 15 is 0 Å². The minimum atomic E-state index is -0.429. The summed E-state index contributed by atoms with van der Waals surface area (Å²) in [6.45, 7) is 2.57. The Labute approximate surface area is 146 Å². The number of hydrogen-bond acceptors (Lipinski definition) is 3. The van der Waals surface area contributed by atoms with E-state index in [1.54, 1.807) is 0 Å². The Bertz CT molecular complexity index is 840. The molecule has 0 bridgehead atoms. The fourth-order valence-corrected chi connectivity index (χ4v) is 3.19. The normalized spacial score (nSPS) is 14.7. The average Bonchev–Trinajstić information content (AvgIpc) is 2.62. The van der Waals surface area contributed by atoms with Crippen LogP contribution in [-0.2, 0) is 6.42 Å². The van der Waals surface area contributed by atoms with Crippen molar-refractivity contribution in [1.82, 2.24) is 10.3 Å². The monoisotopic (exact) mass is 338 g/mol. The van der Waals surface area contributed by atoms with E-state index in [-0.39, 0.29) is 11.3 Å². The Kier molecular flexibility index (Phi) is 5.12. The summed E-state index contributed by atoms with van der Waals surface area (Å²) in [5, 5.41) is 2.79. The first kappa shape index (κ1) is 17.1. The number of rotatable bonds is 5. The summed E-state index contributed by atoms with van der Waals surface area (Å²) >= 11 is 0. The zero-order chi connectivity index (χ0) is 17.8. The summed E-state index contributed by atoms with van der Waals surface area (Å²) in [5.41, 5.74) is 1.93. The molecule has 5 heteroatoms. The van der Waals surface area contributed by atoms with Crippen LogP contribution in [0.1, 0.15) is 64.1 Å². The van der Waals surface area contributed by atoms with E-state index in [2.05, 4.69) is 29.4 Å². The quantitative estimate of drug-likeness (QED) is 0.880. The van der Waals surface area contributed by atoms with E-state index in [0.29, 0.717) is 36.6 Å². The number of carbonyl (C=O) groups is 2. The van der Waals surface area contributed by atoms with Crippen LogP contribution >= 0.6 is 0 Å². The lowest BCUT2D eigenvalue weighted by Crippen LogP contribution is -2.32. The fraction of sp³-hybridized carbons (Fsp3) is 0.350. The standard InChI is InChI=1S/C20H22N2O3/c1-13(14-6-3-2-4-7-14)10-11-21-19(24)16-12-15-17(22-20(16)25)8-5-9-18(15)23/h2-4,6-7,12-13H,5,8-11H2,1H3,(H,21,24)(H,22,25)/t13-/m0/s1. The first-order valence-corrected chi connectivity index (χ1v) is 8.69. The number of nitrogens with one attached hydrogen (secondary N) is 2. The molecule has 0 aliphatic heterocycles. The zero-order valence-corrected chi connectivity index (χ0v) is 14.3. The lowest BCUT2D eigenvalue weighted by molar-refractivity contribution is 0.0951. The highest BCUT2D eigenvalue weighted by Crippen LogP contribution is 2.19. The number of Topliss-reactive ketones (excluding diaryl/α,β-unsaturated/α-hetero) is 1. The summed E-state index contributed by atoms with van der Waals surface area (Å²) in [4.78, 5) is 39.1. The lowest BCUT2D eigenvalue weighted by atomic mass is 9.93. The maximum absolute atomic E-state index is 12.3. The molecule has 1 aliphatic carbocycles. The number of carbonyl (C=O) groups excluding carboxylic acids is 2. The maximum atomic E-state index is 12.3. The van der Waals surface area contributed by atoms with Crippen LogP contribution in [0.2, 0.25) is 0 Å². The van der Waals surface area contributed by atoms with E-state index in [4.69, 9.17) is 0 Å². The van der Waals surface area contributed by atoms with Gasteiger partial charge in [0.15, 0.2) is 5.78 Å². The van der Waals surface area contributed by atoms with Gasteiger partial charge in [0.25, 0.3) is 11.5 Å². The van der Waals surface area contributed by atoms with Crippen LogP contribution in [0.4, 0.5) is 0 Å². The Morgan fingerprint density at radius 2 is 1.96 bits per heavy atom. The van der Waals surface area contributed by atoms with Crippen LogP contribution in [0.3, 0.4) is 0 Å². The van der Waals surface area contributed by atoms with Crippen molar-refractivity contribution in [3.05, 3.63) is 69.1 Å². The molecular weight excluding hydrogens is 316 g/mol. The molecule has 2 N–H and O–H groups in total. The van der Waals surface area contributed by atoms with Crippen molar-refractivity contribution in [3.8, 4) is 0 Å². The summed E-state index contributed by atoms with van der Waals surface area (Å²) < 4.78 is 0. The van der Waals surface area contributed by atoms with Gasteiger partial charge < -0.3 is 10.3 Å². The van der Waals surface area contributed by atoms with E-state index < -0.39 is 11.5 Å². The Hall–Kier alpha value is -2.69. The second-order valence-corrected chi connectivity index (χ2v) is 6.54. The predicted molar refractivity (Wildman–Crippen MR) is 96.1 cm³/mol. The third kappa shape index (κ3) is 3.87. The van der Waals surface area contributed by atoms with Gasteiger partial charge >= 0.3 is 0 Å². The Morgan fingerprint density at radius 1 is 1.20 bits per heavy atom. The SMILES string of the molecule is C[C@@H](CCNC(=O)c1cc2c([nH]c1=O)CCCC2=O)c1ccccc1. The molecule has 1 heterocycles. The number of ketones is 1. The van der Waals surface area contributed by atoms with Gasteiger partial charge in [-0.1, -0.05) is 37.3 Å². The second-order valence-electron chi connectivity index (χ2n) is 6.54.